The number of rotatable bonds is 9. The van der Waals surface area contributed by atoms with Crippen LogP contribution in [0.5, 0.6) is 5.75 Å². The fraction of sp³-hybridized carbons (Fsp3) is 0.588. The van der Waals surface area contributed by atoms with Gasteiger partial charge in [0.15, 0.2) is 0 Å². The van der Waals surface area contributed by atoms with Gasteiger partial charge >= 0.3 is 11.9 Å². The molecule has 1 aliphatic carbocycles. The Morgan fingerprint density at radius 2 is 1.83 bits per heavy atom. The number of aromatic amines is 1. The molecule has 1 aromatic heterocycles. The molecule has 5 aliphatic heterocycles. The Labute approximate surface area is 372 Å². The van der Waals surface area contributed by atoms with Crippen molar-refractivity contribution < 1.29 is 33.7 Å². The Kier molecular flexibility index (Phi) is 10.7. The quantitative estimate of drug-likeness (QED) is 0.169. The van der Waals surface area contributed by atoms with E-state index < -0.39 is 40.0 Å². The molecule has 12 nitrogen and oxygen atoms in total. The van der Waals surface area contributed by atoms with Gasteiger partial charge in [0.1, 0.15) is 22.9 Å². The standard InChI is InChI=1S/C51H67N5O7/c1-10-32-23-33-26-50(46(59)62-9,42-35(17-21-55(28-32)29-33)34-15-12-13-16-38(34)53-42)37-24-36-39(25-40(37)61-8)54(7)44-49(36)19-22-56-20-14-18-48(11-2,43(49)56)45(63-31(3)57)51(44,60)30-52-41(58)27-47(4,5)6/h12-16,18,23-25,33,43-45,53,60H,10-11,17,19-22,26-30H2,1-9H3,(H,52,58)/t33-,43-,44+,45+,48+,49+,50-,51-/m0/s1. The predicted molar refractivity (Wildman–Crippen MR) is 244 cm³/mol. The highest BCUT2D eigenvalue weighted by Crippen LogP contribution is 2.68. The summed E-state index contributed by atoms with van der Waals surface area (Å²) in [5.41, 5.74) is 2.00. The highest BCUT2D eigenvalue weighted by Gasteiger charge is 2.78. The number of ether oxygens (including phenoxy) is 3. The zero-order valence-corrected chi connectivity index (χ0v) is 38.7. The number of anilines is 1. The van der Waals surface area contributed by atoms with Crippen LogP contribution in [0.3, 0.4) is 0 Å². The summed E-state index contributed by atoms with van der Waals surface area (Å²) in [7, 11) is 5.16. The molecule has 1 saturated heterocycles. The van der Waals surface area contributed by atoms with Crippen molar-refractivity contribution in [1.29, 1.82) is 0 Å². The molecule has 9 atom stereocenters. The Bertz CT molecular complexity index is 2400. The predicted octanol–water partition coefficient (Wildman–Crippen LogP) is 6.18. The maximum Gasteiger partial charge on any atom is 0.322 e. The van der Waals surface area contributed by atoms with E-state index in [9.17, 15) is 14.7 Å². The number of hydrogen-bond acceptors (Lipinski definition) is 10. The molecule has 1 spiro atoms. The van der Waals surface area contributed by atoms with Crippen LogP contribution in [0.1, 0.15) is 96.0 Å². The molecular weight excluding hydrogens is 795 g/mol. The highest BCUT2D eigenvalue weighted by atomic mass is 16.6. The van der Waals surface area contributed by atoms with Gasteiger partial charge in [-0.15, -0.1) is 0 Å². The Morgan fingerprint density at radius 1 is 1.05 bits per heavy atom. The van der Waals surface area contributed by atoms with Gasteiger partial charge < -0.3 is 34.5 Å². The van der Waals surface area contributed by atoms with E-state index in [1.54, 1.807) is 7.11 Å². The minimum atomic E-state index is -1.75. The van der Waals surface area contributed by atoms with Gasteiger partial charge in [0, 0.05) is 97.4 Å². The number of hydrogen-bond donors (Lipinski definition) is 3. The molecule has 3 aromatic rings. The minimum absolute atomic E-state index is 0.0378. The van der Waals surface area contributed by atoms with Gasteiger partial charge in [0.25, 0.3) is 0 Å². The third kappa shape index (κ3) is 6.43. The minimum Gasteiger partial charge on any atom is -0.496 e. The number of aliphatic hydroxyl groups is 1. The summed E-state index contributed by atoms with van der Waals surface area (Å²) in [5, 5.41) is 18.1. The van der Waals surface area contributed by atoms with E-state index in [-0.39, 0.29) is 42.2 Å². The number of carbonyl (C=O) groups is 3. The van der Waals surface area contributed by atoms with E-state index in [0.29, 0.717) is 31.6 Å². The average Bonchev–Trinajstić information content (AvgIpc) is 3.92. The molecule has 0 radical (unpaired) electrons. The van der Waals surface area contributed by atoms with E-state index in [2.05, 4.69) is 87.4 Å². The van der Waals surface area contributed by atoms with Crippen molar-refractivity contribution >= 4 is 34.4 Å². The van der Waals surface area contributed by atoms with Gasteiger partial charge in [-0.3, -0.25) is 24.2 Å². The maximum atomic E-state index is 15.4. The zero-order chi connectivity index (χ0) is 44.9. The number of nitrogens with zero attached hydrogens (tertiary/aromatic N) is 3. The van der Waals surface area contributed by atoms with Crippen LogP contribution in [0.4, 0.5) is 5.69 Å². The van der Waals surface area contributed by atoms with Crippen LogP contribution in [0.15, 0.2) is 60.2 Å². The molecule has 6 heterocycles. The molecule has 2 aromatic carbocycles. The number of amides is 1. The number of carbonyl (C=O) groups excluding carboxylic acids is 3. The second-order valence-electron chi connectivity index (χ2n) is 20.7. The zero-order valence-electron chi connectivity index (χ0n) is 38.7. The van der Waals surface area contributed by atoms with E-state index in [4.69, 9.17) is 14.2 Å². The molecule has 1 saturated carbocycles. The lowest BCUT2D eigenvalue weighted by molar-refractivity contribution is -0.217. The van der Waals surface area contributed by atoms with E-state index in [1.807, 2.05) is 33.9 Å². The number of esters is 2. The van der Waals surface area contributed by atoms with Gasteiger partial charge in [-0.05, 0) is 73.2 Å². The number of fused-ring (bicyclic) bond motifs is 6. The van der Waals surface area contributed by atoms with Gasteiger partial charge in [-0.1, -0.05) is 76.6 Å². The van der Waals surface area contributed by atoms with Crippen molar-refractivity contribution in [2.75, 3.05) is 65.4 Å². The van der Waals surface area contributed by atoms with Crippen molar-refractivity contribution in [3.63, 3.8) is 0 Å². The Morgan fingerprint density at radius 3 is 2.52 bits per heavy atom. The normalized spacial score (nSPS) is 33.2. The van der Waals surface area contributed by atoms with Crippen LogP contribution >= 0.6 is 0 Å². The summed E-state index contributed by atoms with van der Waals surface area (Å²) in [6.07, 6.45) is 9.43. The molecule has 9 rings (SSSR count). The fourth-order valence-corrected chi connectivity index (χ4v) is 13.8. The average molecular weight is 862 g/mol. The summed E-state index contributed by atoms with van der Waals surface area (Å²) in [4.78, 5) is 53.4. The Hall–Kier alpha value is -4.65. The second-order valence-corrected chi connectivity index (χ2v) is 20.7. The SMILES string of the molecule is CCC1=C[C@@H]2CN(CCc3c([nH]c4ccccc34)[C@@](C(=O)OC)(c3cc4c(cc3OC)N(C)[C@H]3[C@@](O)(CNC(=O)CC(C)(C)C)[C@H](OC(C)=O)[C@]5(CC)C=CCN6CC[C@]43[C@@H]65)C2)C1. The second kappa shape index (κ2) is 15.5. The Balaban J connectivity index is 1.33. The number of nitrogens with one attached hydrogen (secondary N) is 2. The first-order chi connectivity index (χ1) is 30.0. The van der Waals surface area contributed by atoms with Crippen molar-refractivity contribution in [2.45, 2.75) is 115 Å². The molecular formula is C51H67N5O7. The van der Waals surface area contributed by atoms with Crippen molar-refractivity contribution in [3.8, 4) is 5.75 Å². The summed E-state index contributed by atoms with van der Waals surface area (Å²) in [5.74, 6) is -0.426. The summed E-state index contributed by atoms with van der Waals surface area (Å²) in [6.45, 7) is 15.7. The van der Waals surface area contributed by atoms with Crippen LogP contribution in [-0.2, 0) is 41.1 Å². The van der Waals surface area contributed by atoms with Crippen LogP contribution < -0.4 is 15.0 Å². The lowest BCUT2D eigenvalue weighted by atomic mass is 9.47. The van der Waals surface area contributed by atoms with E-state index in [0.717, 1.165) is 78.0 Å². The molecule has 338 valence electrons. The third-order valence-electron chi connectivity index (χ3n) is 15.9. The largest absolute Gasteiger partial charge is 0.496 e. The van der Waals surface area contributed by atoms with Crippen molar-refractivity contribution in [1.82, 2.24) is 20.1 Å². The number of H-pyrrole nitrogens is 1. The number of likely N-dealkylation sites (N-methyl/N-ethyl adjacent to an activating group) is 1. The molecule has 2 bridgehead atoms. The summed E-state index contributed by atoms with van der Waals surface area (Å²) >= 11 is 0. The topological polar surface area (TPSA) is 137 Å². The molecule has 12 heteroatoms. The summed E-state index contributed by atoms with van der Waals surface area (Å²) < 4.78 is 18.9. The smallest absolute Gasteiger partial charge is 0.322 e. The van der Waals surface area contributed by atoms with Crippen LogP contribution in [-0.4, -0.2) is 122 Å². The van der Waals surface area contributed by atoms with Crippen LogP contribution in [0.2, 0.25) is 0 Å². The number of para-hydroxylation sites is 1. The van der Waals surface area contributed by atoms with Gasteiger partial charge in [0.2, 0.25) is 5.91 Å². The van der Waals surface area contributed by atoms with E-state index in [1.165, 1.54) is 19.6 Å². The monoisotopic (exact) mass is 862 g/mol. The molecule has 1 unspecified atom stereocenters. The van der Waals surface area contributed by atoms with Crippen molar-refractivity contribution in [2.24, 2.45) is 16.7 Å². The highest BCUT2D eigenvalue weighted by molar-refractivity contribution is 5.94. The first kappa shape index (κ1) is 43.6. The van der Waals surface area contributed by atoms with E-state index >= 15 is 4.79 Å². The lowest BCUT2D eigenvalue weighted by Gasteiger charge is -2.64. The van der Waals surface area contributed by atoms with Gasteiger partial charge in [-0.25, -0.2) is 0 Å². The molecule has 3 N–H and O–H groups in total. The third-order valence-corrected chi connectivity index (χ3v) is 15.9. The van der Waals surface area contributed by atoms with Crippen molar-refractivity contribution in [3.05, 3.63) is 82.6 Å². The molecule has 1 amide bonds. The molecule has 2 fully saturated rings. The fourth-order valence-electron chi connectivity index (χ4n) is 13.8. The molecule has 63 heavy (non-hydrogen) atoms. The van der Waals surface area contributed by atoms with Gasteiger partial charge in [-0.2, -0.15) is 0 Å². The maximum absolute atomic E-state index is 15.4. The number of benzene rings is 2. The van der Waals surface area contributed by atoms with Gasteiger partial charge in [0.05, 0.1) is 26.8 Å². The van der Waals surface area contributed by atoms with Crippen LogP contribution in [0, 0.1) is 16.7 Å². The molecule has 6 aliphatic rings. The van der Waals surface area contributed by atoms with Crippen LogP contribution in [0.25, 0.3) is 10.9 Å². The summed E-state index contributed by atoms with van der Waals surface area (Å²) in [6, 6.07) is 11.8. The lowest BCUT2D eigenvalue weighted by Crippen LogP contribution is -2.81. The number of aromatic nitrogens is 1. The first-order valence-electron chi connectivity index (χ1n) is 23.2. The first-order valence-corrected chi connectivity index (χ1v) is 23.2. The number of methoxy groups -OCH3 is 2.